The Bertz CT molecular complexity index is 616. The third-order valence-corrected chi connectivity index (χ3v) is 4.12. The molecule has 0 saturated carbocycles. The highest BCUT2D eigenvalue weighted by Crippen LogP contribution is 2.43. The molecule has 3 rings (SSSR count). The second-order valence-electron chi connectivity index (χ2n) is 6.24. The number of aromatic nitrogens is 2. The fourth-order valence-electron chi connectivity index (χ4n) is 3.10. The van der Waals surface area contributed by atoms with Gasteiger partial charge in [-0.1, -0.05) is 0 Å². The zero-order valence-corrected chi connectivity index (χ0v) is 14.2. The number of hydrogen-bond donors (Lipinski definition) is 2. The van der Waals surface area contributed by atoms with Gasteiger partial charge in [0.2, 0.25) is 0 Å². The lowest BCUT2D eigenvalue weighted by Crippen LogP contribution is -2.31. The van der Waals surface area contributed by atoms with Crippen LogP contribution in [-0.4, -0.2) is 58.1 Å². The maximum Gasteiger partial charge on any atom is 0.412 e. The molecule has 24 heavy (non-hydrogen) atoms. The molecular weight excluding hydrogens is 318 g/mol. The van der Waals surface area contributed by atoms with Crippen molar-refractivity contribution in [3.05, 3.63) is 12.0 Å². The van der Waals surface area contributed by atoms with Crippen LogP contribution in [0.3, 0.4) is 0 Å². The molecule has 9 nitrogen and oxygen atoms in total. The van der Waals surface area contributed by atoms with Crippen molar-refractivity contribution < 1.29 is 28.8 Å². The number of anilines is 1. The Kier molecular flexibility index (Phi) is 4.52. The smallest absolute Gasteiger partial charge is 0.412 e. The zero-order chi connectivity index (χ0) is 17.5. The molecule has 0 aromatic carbocycles. The van der Waals surface area contributed by atoms with Crippen molar-refractivity contribution in [2.45, 2.75) is 58.0 Å². The van der Waals surface area contributed by atoms with Gasteiger partial charge in [-0.3, -0.25) is 5.32 Å². The fraction of sp³-hybridized carbons (Fsp3) is 0.733. The topological polar surface area (TPSA) is 104 Å². The SMILES string of the molecule is CCOC(=O)Nc1ncn([C@@H]2O[C@H](CO)[C@H]3OC(C)(C)O[C@H]32)c1C. The molecule has 2 saturated heterocycles. The number of rotatable bonds is 4. The Morgan fingerprint density at radius 1 is 1.46 bits per heavy atom. The van der Waals surface area contributed by atoms with E-state index in [4.69, 9.17) is 18.9 Å². The van der Waals surface area contributed by atoms with E-state index in [-0.39, 0.29) is 25.4 Å². The summed E-state index contributed by atoms with van der Waals surface area (Å²) in [6.07, 6.45) is -0.721. The largest absolute Gasteiger partial charge is 0.450 e. The van der Waals surface area contributed by atoms with Crippen LogP contribution in [0.1, 0.15) is 32.7 Å². The van der Waals surface area contributed by atoms with Crippen molar-refractivity contribution in [1.82, 2.24) is 9.55 Å². The summed E-state index contributed by atoms with van der Waals surface area (Å²) in [6.45, 7) is 7.29. The number of carbonyl (C=O) groups excluding carboxylic acids is 1. The van der Waals surface area contributed by atoms with E-state index in [0.717, 1.165) is 0 Å². The molecule has 0 unspecified atom stereocenters. The normalized spacial score (nSPS) is 31.0. The van der Waals surface area contributed by atoms with Crippen LogP contribution in [-0.2, 0) is 18.9 Å². The molecule has 0 spiro atoms. The number of carbonyl (C=O) groups is 1. The molecule has 1 aromatic heterocycles. The molecule has 3 heterocycles. The molecule has 1 aromatic rings. The Balaban J connectivity index is 1.81. The van der Waals surface area contributed by atoms with Crippen LogP contribution in [0, 0.1) is 6.92 Å². The van der Waals surface area contributed by atoms with Crippen molar-refractivity contribution in [2.75, 3.05) is 18.5 Å². The Hall–Kier alpha value is -1.68. The number of nitrogens with zero attached hydrogens (tertiary/aromatic N) is 2. The third kappa shape index (κ3) is 3.00. The molecule has 2 fully saturated rings. The van der Waals surface area contributed by atoms with E-state index in [0.29, 0.717) is 11.5 Å². The van der Waals surface area contributed by atoms with E-state index in [1.807, 2.05) is 13.8 Å². The number of aliphatic hydroxyl groups excluding tert-OH is 1. The minimum Gasteiger partial charge on any atom is -0.450 e. The predicted octanol–water partition coefficient (Wildman–Crippen LogP) is 1.17. The minimum atomic E-state index is -0.745. The van der Waals surface area contributed by atoms with Gasteiger partial charge in [0.25, 0.3) is 0 Å². The first-order valence-electron chi connectivity index (χ1n) is 7.95. The molecule has 0 bridgehead atoms. The van der Waals surface area contributed by atoms with E-state index >= 15 is 0 Å². The van der Waals surface area contributed by atoms with Gasteiger partial charge in [0.1, 0.15) is 18.3 Å². The summed E-state index contributed by atoms with van der Waals surface area (Å²) < 4.78 is 24.3. The lowest BCUT2D eigenvalue weighted by atomic mass is 10.1. The van der Waals surface area contributed by atoms with Gasteiger partial charge in [-0.2, -0.15) is 0 Å². The highest BCUT2D eigenvalue weighted by molar-refractivity contribution is 5.83. The highest BCUT2D eigenvalue weighted by atomic mass is 16.8. The molecule has 1 amide bonds. The zero-order valence-electron chi connectivity index (χ0n) is 14.2. The molecule has 134 valence electrons. The molecule has 2 aliphatic rings. The van der Waals surface area contributed by atoms with E-state index in [2.05, 4.69) is 10.3 Å². The van der Waals surface area contributed by atoms with Crippen LogP contribution in [0.25, 0.3) is 0 Å². The number of hydrogen-bond acceptors (Lipinski definition) is 7. The summed E-state index contributed by atoms with van der Waals surface area (Å²) in [5.41, 5.74) is 0.693. The minimum absolute atomic E-state index is 0.168. The van der Waals surface area contributed by atoms with E-state index in [1.54, 1.807) is 24.7 Å². The first kappa shape index (κ1) is 17.2. The molecular formula is C15H23N3O6. The van der Waals surface area contributed by atoms with E-state index in [1.165, 1.54) is 0 Å². The molecule has 0 aliphatic carbocycles. The summed E-state index contributed by atoms with van der Waals surface area (Å²) in [5, 5.41) is 12.1. The van der Waals surface area contributed by atoms with Gasteiger partial charge in [0, 0.05) is 0 Å². The van der Waals surface area contributed by atoms with Crippen molar-refractivity contribution >= 4 is 11.9 Å². The van der Waals surface area contributed by atoms with Crippen molar-refractivity contribution in [3.8, 4) is 0 Å². The average Bonchev–Trinajstić information content (AvgIpc) is 3.11. The quantitative estimate of drug-likeness (QED) is 0.847. The van der Waals surface area contributed by atoms with Gasteiger partial charge in [-0.15, -0.1) is 0 Å². The first-order valence-corrected chi connectivity index (χ1v) is 7.95. The number of fused-ring (bicyclic) bond motifs is 1. The van der Waals surface area contributed by atoms with Gasteiger partial charge in [0.05, 0.1) is 25.2 Å². The van der Waals surface area contributed by atoms with Gasteiger partial charge >= 0.3 is 6.09 Å². The molecule has 2 N–H and O–H groups in total. The summed E-state index contributed by atoms with van der Waals surface area (Å²) >= 11 is 0. The van der Waals surface area contributed by atoms with Crippen molar-refractivity contribution in [1.29, 1.82) is 0 Å². The van der Waals surface area contributed by atoms with Crippen molar-refractivity contribution in [3.63, 3.8) is 0 Å². The van der Waals surface area contributed by atoms with Crippen LogP contribution < -0.4 is 5.32 Å². The van der Waals surface area contributed by atoms with Crippen LogP contribution >= 0.6 is 0 Å². The van der Waals surface area contributed by atoms with E-state index in [9.17, 15) is 9.90 Å². The molecule has 4 atom stereocenters. The Morgan fingerprint density at radius 3 is 2.83 bits per heavy atom. The number of amides is 1. The summed E-state index contributed by atoms with van der Waals surface area (Å²) in [5.74, 6) is -0.357. The van der Waals surface area contributed by atoms with Crippen molar-refractivity contribution in [2.24, 2.45) is 0 Å². The monoisotopic (exact) mass is 341 g/mol. The van der Waals surface area contributed by atoms with Crippen LogP contribution in [0.5, 0.6) is 0 Å². The maximum absolute atomic E-state index is 11.6. The number of ether oxygens (including phenoxy) is 4. The fourth-order valence-corrected chi connectivity index (χ4v) is 3.10. The number of nitrogens with one attached hydrogen (secondary N) is 1. The van der Waals surface area contributed by atoms with Gasteiger partial charge in [-0.05, 0) is 27.7 Å². The molecule has 9 heteroatoms. The lowest BCUT2D eigenvalue weighted by Gasteiger charge is -2.24. The summed E-state index contributed by atoms with van der Waals surface area (Å²) in [6, 6.07) is 0. The van der Waals surface area contributed by atoms with Gasteiger partial charge in [0.15, 0.2) is 17.8 Å². The molecule has 2 aliphatic heterocycles. The molecule has 0 radical (unpaired) electrons. The Labute approximate surface area is 139 Å². The maximum atomic E-state index is 11.6. The summed E-state index contributed by atoms with van der Waals surface area (Å²) in [7, 11) is 0. The van der Waals surface area contributed by atoms with Gasteiger partial charge in [-0.25, -0.2) is 9.78 Å². The second kappa shape index (κ2) is 6.32. The van der Waals surface area contributed by atoms with Crippen LogP contribution in [0.15, 0.2) is 6.33 Å². The first-order chi connectivity index (χ1) is 11.4. The Morgan fingerprint density at radius 2 is 2.17 bits per heavy atom. The predicted molar refractivity (Wildman–Crippen MR) is 82.4 cm³/mol. The number of aliphatic hydroxyl groups is 1. The van der Waals surface area contributed by atoms with Crippen LogP contribution in [0.4, 0.5) is 10.6 Å². The second-order valence-corrected chi connectivity index (χ2v) is 6.24. The number of imidazole rings is 1. The standard InChI is InChI=1S/C15H23N3O6/c1-5-21-14(20)17-12-8(2)18(7-16-12)13-11-10(9(6-19)22-13)23-15(3,4)24-11/h7,9-11,13,19H,5-6H2,1-4H3,(H,17,20)/t9-,10-,11-,13-/m1/s1. The third-order valence-electron chi connectivity index (χ3n) is 4.12. The summed E-state index contributed by atoms with van der Waals surface area (Å²) in [4.78, 5) is 15.8. The van der Waals surface area contributed by atoms with E-state index < -0.39 is 24.2 Å². The van der Waals surface area contributed by atoms with Crippen LogP contribution in [0.2, 0.25) is 0 Å². The lowest BCUT2D eigenvalue weighted by molar-refractivity contribution is -0.200. The average molecular weight is 341 g/mol. The highest BCUT2D eigenvalue weighted by Gasteiger charge is 2.55. The van der Waals surface area contributed by atoms with Gasteiger partial charge < -0.3 is 28.6 Å².